The van der Waals surface area contributed by atoms with Gasteiger partial charge in [-0.25, -0.2) is 0 Å². The molecule has 0 atom stereocenters. The van der Waals surface area contributed by atoms with E-state index in [1.807, 2.05) is 0 Å². The summed E-state index contributed by atoms with van der Waals surface area (Å²) in [6.07, 6.45) is 0. The maximum Gasteiger partial charge on any atom is 0.135 e. The smallest absolute Gasteiger partial charge is 0.135 e. The Morgan fingerprint density at radius 2 is 0.508 bits per heavy atom. The highest BCUT2D eigenvalue weighted by Gasteiger charge is 2.24. The topological polar surface area (TPSA) is 32.9 Å². The van der Waals surface area contributed by atoms with Crippen molar-refractivity contribution in [3.8, 4) is 22.7 Å². The highest BCUT2D eigenvalue weighted by atomic mass is 16.3. The van der Waals surface area contributed by atoms with E-state index in [0.717, 1.165) is 55.7 Å². The summed E-state index contributed by atoms with van der Waals surface area (Å²) in [7, 11) is 0. The Kier molecular flexibility index (Phi) is 6.89. The molecular weight excluding hydrogens is 793 g/mol. The van der Waals surface area contributed by atoms with Gasteiger partial charge in [-0.1, -0.05) is 133 Å². The van der Waals surface area contributed by atoms with Crippen molar-refractivity contribution in [2.24, 2.45) is 0 Å². The molecule has 0 aliphatic carbocycles. The molecule has 0 aliphatic rings. The van der Waals surface area contributed by atoms with Crippen molar-refractivity contribution in [3.05, 3.63) is 218 Å². The Bertz CT molecular complexity index is 4180. The largest absolute Gasteiger partial charge is 0.456 e. The van der Waals surface area contributed by atoms with Crippen molar-refractivity contribution in [1.29, 1.82) is 0 Å². The predicted molar refractivity (Wildman–Crippen MR) is 271 cm³/mol. The first-order valence-electron chi connectivity index (χ1n) is 22.3. The van der Waals surface area contributed by atoms with Crippen LogP contribution in [0, 0.1) is 0 Å². The van der Waals surface area contributed by atoms with Crippen LogP contribution in [0.3, 0.4) is 0 Å². The van der Waals surface area contributed by atoms with Crippen molar-refractivity contribution in [2.75, 3.05) is 0 Å². The van der Waals surface area contributed by atoms with Crippen LogP contribution in [0.2, 0.25) is 0 Å². The molecule has 0 saturated heterocycles. The van der Waals surface area contributed by atoms with Gasteiger partial charge in [-0.15, -0.1) is 0 Å². The first-order valence-corrected chi connectivity index (χ1v) is 22.3. The second-order valence-electron chi connectivity index (χ2n) is 17.3. The van der Waals surface area contributed by atoms with Crippen molar-refractivity contribution in [1.82, 2.24) is 18.3 Å². The molecule has 10 aromatic carbocycles. The van der Waals surface area contributed by atoms with Gasteiger partial charge < -0.3 is 22.7 Å². The fraction of sp³-hybridized carbons (Fsp3) is 0. The maximum absolute atomic E-state index is 6.69. The Balaban J connectivity index is 1.03. The van der Waals surface area contributed by atoms with Crippen LogP contribution in [0.25, 0.3) is 132 Å². The van der Waals surface area contributed by atoms with Crippen LogP contribution in [0.15, 0.2) is 223 Å². The lowest BCUT2D eigenvalue weighted by Gasteiger charge is -2.13. The van der Waals surface area contributed by atoms with E-state index in [1.54, 1.807) is 0 Å². The number of para-hydroxylation sites is 6. The van der Waals surface area contributed by atoms with Crippen molar-refractivity contribution in [3.63, 3.8) is 0 Å². The quantitative estimate of drug-likeness (QED) is 0.174. The summed E-state index contributed by atoms with van der Waals surface area (Å²) in [6.45, 7) is 0. The zero-order valence-electron chi connectivity index (χ0n) is 35.0. The van der Waals surface area contributed by atoms with Crippen LogP contribution < -0.4 is 0 Å². The van der Waals surface area contributed by atoms with Crippen LogP contribution >= 0.6 is 0 Å². The lowest BCUT2D eigenvalue weighted by molar-refractivity contribution is 0.669. The number of benzene rings is 10. The minimum Gasteiger partial charge on any atom is -0.456 e. The Morgan fingerprint density at radius 1 is 0.215 bits per heavy atom. The van der Waals surface area contributed by atoms with Gasteiger partial charge in [-0.3, -0.25) is 0 Å². The Morgan fingerprint density at radius 3 is 0.846 bits per heavy atom. The zero-order chi connectivity index (χ0) is 42.3. The van der Waals surface area contributed by atoms with Crippen molar-refractivity contribution in [2.45, 2.75) is 0 Å². The molecule has 5 heteroatoms. The minimum absolute atomic E-state index is 0.860. The van der Waals surface area contributed by atoms with E-state index in [0.29, 0.717) is 0 Å². The molecule has 65 heavy (non-hydrogen) atoms. The monoisotopic (exact) mass is 828 g/mol. The summed E-state index contributed by atoms with van der Waals surface area (Å²) in [5, 5.41) is 12.0. The summed E-state index contributed by atoms with van der Waals surface area (Å²) in [5.41, 5.74) is 15.6. The maximum atomic E-state index is 6.69. The summed E-state index contributed by atoms with van der Waals surface area (Å²) in [5.74, 6) is 0. The van der Waals surface area contributed by atoms with E-state index in [2.05, 4.69) is 237 Å². The second-order valence-corrected chi connectivity index (χ2v) is 17.3. The van der Waals surface area contributed by atoms with Gasteiger partial charge >= 0.3 is 0 Å². The molecule has 0 saturated carbocycles. The highest BCUT2D eigenvalue weighted by Crippen LogP contribution is 2.45. The summed E-state index contributed by atoms with van der Waals surface area (Å²) >= 11 is 0. The molecule has 15 aromatic rings. The van der Waals surface area contributed by atoms with E-state index in [1.165, 1.54) is 76.2 Å². The molecule has 0 radical (unpaired) electrons. The van der Waals surface area contributed by atoms with Crippen molar-refractivity contribution >= 4 is 109 Å². The predicted octanol–water partition coefficient (Wildman–Crippen LogP) is 16.0. The molecule has 15 rings (SSSR count). The van der Waals surface area contributed by atoms with Gasteiger partial charge in [0.25, 0.3) is 0 Å². The van der Waals surface area contributed by atoms with Crippen LogP contribution in [0.5, 0.6) is 0 Å². The SMILES string of the molecule is c1ccc(-n2c3ccccc3c3ccc4c5ccccc5n(-c5ccc6oc7ccc(-n8c9ccccc9c9ccc%10c%11ccccc%11n(-c%11ccccc%11)c%10c98)cc7c6c5)c4c32)cc1. The van der Waals surface area contributed by atoms with Crippen LogP contribution in [0.1, 0.15) is 0 Å². The Labute approximate surface area is 371 Å². The zero-order valence-corrected chi connectivity index (χ0v) is 35.0. The fourth-order valence-electron chi connectivity index (χ4n) is 11.3. The molecule has 0 fully saturated rings. The third kappa shape index (κ3) is 4.65. The van der Waals surface area contributed by atoms with Gasteiger partial charge in [-0.2, -0.15) is 0 Å². The first-order chi connectivity index (χ1) is 32.3. The van der Waals surface area contributed by atoms with E-state index in [4.69, 9.17) is 4.42 Å². The van der Waals surface area contributed by atoms with E-state index in [-0.39, 0.29) is 0 Å². The van der Waals surface area contributed by atoms with Gasteiger partial charge in [0.05, 0.1) is 44.1 Å². The van der Waals surface area contributed by atoms with Gasteiger partial charge in [-0.05, 0) is 84.9 Å². The standard InChI is InChI=1S/C60H36N4O/c1-3-15-37(16-4-1)61-51-23-11-7-19-41(51)45-29-31-47-43-21-9-13-25-53(43)63(59(47)57(45)61)39-27-33-55-49(35-39)50-36-40(28-34-56(50)65-55)64-54-26-14-10-22-44(54)48-32-30-46-42-20-8-12-24-52(42)62(58(46)60(48)64)38-17-5-2-6-18-38/h1-36H. The number of nitrogens with zero attached hydrogens (tertiary/aromatic N) is 4. The van der Waals surface area contributed by atoms with Crippen molar-refractivity contribution < 1.29 is 4.42 Å². The fourth-order valence-corrected chi connectivity index (χ4v) is 11.3. The molecule has 5 nitrogen and oxygen atoms in total. The van der Waals surface area contributed by atoms with Gasteiger partial charge in [0.1, 0.15) is 11.2 Å². The summed E-state index contributed by atoms with van der Waals surface area (Å²) in [4.78, 5) is 0. The number of hydrogen-bond acceptors (Lipinski definition) is 1. The molecule has 0 unspecified atom stereocenters. The normalized spacial score (nSPS) is 12.3. The molecular formula is C60H36N4O. The summed E-state index contributed by atoms with van der Waals surface area (Å²) in [6, 6.07) is 79.4. The average molecular weight is 829 g/mol. The molecule has 0 N–H and O–H groups in total. The van der Waals surface area contributed by atoms with Gasteiger partial charge in [0.2, 0.25) is 0 Å². The molecule has 0 spiro atoms. The van der Waals surface area contributed by atoms with Gasteiger partial charge in [0.15, 0.2) is 0 Å². The molecule has 0 amide bonds. The van der Waals surface area contributed by atoms with E-state index >= 15 is 0 Å². The minimum atomic E-state index is 0.860. The third-order valence-electron chi connectivity index (χ3n) is 13.9. The third-order valence-corrected chi connectivity index (χ3v) is 13.9. The molecule has 0 aliphatic heterocycles. The van der Waals surface area contributed by atoms with Crippen LogP contribution in [0.4, 0.5) is 0 Å². The molecule has 5 heterocycles. The summed E-state index contributed by atoms with van der Waals surface area (Å²) < 4.78 is 16.5. The Hall–Kier alpha value is -8.80. The second kappa shape index (κ2) is 12.9. The molecule has 0 bridgehead atoms. The van der Waals surface area contributed by atoms with E-state index < -0.39 is 0 Å². The number of hydrogen-bond donors (Lipinski definition) is 0. The van der Waals surface area contributed by atoms with Crippen LogP contribution in [-0.2, 0) is 0 Å². The molecule has 5 aromatic heterocycles. The number of furan rings is 1. The average Bonchev–Trinajstić information content (AvgIpc) is 4.17. The highest BCUT2D eigenvalue weighted by molar-refractivity contribution is 6.25. The lowest BCUT2D eigenvalue weighted by Crippen LogP contribution is -1.99. The van der Waals surface area contributed by atoms with Gasteiger partial charge in [0, 0.05) is 76.6 Å². The number of rotatable bonds is 4. The number of fused-ring (bicyclic) bond motifs is 17. The lowest BCUT2D eigenvalue weighted by atomic mass is 10.1. The molecule has 302 valence electrons. The van der Waals surface area contributed by atoms with Crippen LogP contribution in [-0.4, -0.2) is 18.3 Å². The van der Waals surface area contributed by atoms with E-state index in [9.17, 15) is 0 Å². The first kappa shape index (κ1) is 34.7. The number of aromatic nitrogens is 4.